The number of aromatic nitrogens is 2. The Balaban J connectivity index is 1.42. The number of hydrogen-bond donors (Lipinski definition) is 1. The maximum absolute atomic E-state index is 11.9. The van der Waals surface area contributed by atoms with E-state index in [9.17, 15) is 4.79 Å². The Bertz CT molecular complexity index is 626. The number of thiophene rings is 1. The fourth-order valence-electron chi connectivity index (χ4n) is 2.77. The topological polar surface area (TPSA) is 77.2 Å². The maximum Gasteiger partial charge on any atom is 0.258 e. The Morgan fingerprint density at radius 2 is 2.35 bits per heavy atom. The molecule has 0 bridgehead atoms. The van der Waals surface area contributed by atoms with Crippen LogP contribution in [0.25, 0.3) is 11.5 Å². The number of amides is 1. The molecule has 0 aliphatic heterocycles. The molecule has 0 spiro atoms. The minimum atomic E-state index is -0.148. The minimum Gasteiger partial charge on any atom is -0.368 e. The van der Waals surface area contributed by atoms with Crippen LogP contribution in [0.3, 0.4) is 0 Å². The second-order valence-electron chi connectivity index (χ2n) is 5.92. The van der Waals surface area contributed by atoms with E-state index >= 15 is 0 Å². The van der Waals surface area contributed by atoms with Crippen LogP contribution in [-0.2, 0) is 16.1 Å². The molecule has 0 radical (unpaired) electrons. The van der Waals surface area contributed by atoms with E-state index in [2.05, 4.69) is 22.4 Å². The average Bonchev–Trinajstić information content (AvgIpc) is 3.23. The van der Waals surface area contributed by atoms with Crippen LogP contribution in [0.15, 0.2) is 21.3 Å². The lowest BCUT2D eigenvalue weighted by molar-refractivity contribution is -0.129. The summed E-state index contributed by atoms with van der Waals surface area (Å²) in [5, 5.41) is 10.5. The number of nitrogens with zero attached hydrogens (tertiary/aromatic N) is 2. The van der Waals surface area contributed by atoms with Gasteiger partial charge in [0.2, 0.25) is 5.91 Å². The standard InChI is InChI=1S/C16H21N3O3S/c1-11-4-2-3-5-13(11)21-9-15(20)17-8-14-18-16(22-19-14)12-6-7-23-10-12/h6-7,10-11,13H,2-5,8-9H2,1H3,(H,17,20). The van der Waals surface area contributed by atoms with E-state index in [0.717, 1.165) is 12.0 Å². The maximum atomic E-state index is 11.9. The van der Waals surface area contributed by atoms with Gasteiger partial charge >= 0.3 is 0 Å². The first-order valence-corrected chi connectivity index (χ1v) is 8.90. The monoisotopic (exact) mass is 335 g/mol. The van der Waals surface area contributed by atoms with Gasteiger partial charge in [-0.2, -0.15) is 16.3 Å². The third kappa shape index (κ3) is 4.39. The van der Waals surface area contributed by atoms with Crippen molar-refractivity contribution >= 4 is 17.2 Å². The van der Waals surface area contributed by atoms with Gasteiger partial charge in [-0.1, -0.05) is 24.9 Å². The predicted molar refractivity (Wildman–Crippen MR) is 86.8 cm³/mol. The SMILES string of the molecule is CC1CCCCC1OCC(=O)NCc1noc(-c2ccsc2)n1. The molecule has 3 rings (SSSR count). The van der Waals surface area contributed by atoms with Crippen molar-refractivity contribution in [1.29, 1.82) is 0 Å². The van der Waals surface area contributed by atoms with Crippen LogP contribution in [-0.4, -0.2) is 28.8 Å². The molecule has 1 aliphatic carbocycles. The van der Waals surface area contributed by atoms with Crippen molar-refractivity contribution in [3.05, 3.63) is 22.7 Å². The number of carbonyl (C=O) groups excluding carboxylic acids is 1. The summed E-state index contributed by atoms with van der Waals surface area (Å²) in [6, 6.07) is 1.92. The normalized spacial score (nSPS) is 21.3. The van der Waals surface area contributed by atoms with Crippen LogP contribution >= 0.6 is 11.3 Å². The van der Waals surface area contributed by atoms with E-state index < -0.39 is 0 Å². The molecule has 1 N–H and O–H groups in total. The van der Waals surface area contributed by atoms with Gasteiger partial charge in [0.25, 0.3) is 5.89 Å². The second kappa shape index (κ2) is 7.70. The number of rotatable bonds is 6. The number of carbonyl (C=O) groups is 1. The largest absolute Gasteiger partial charge is 0.368 e. The summed E-state index contributed by atoms with van der Waals surface area (Å²) in [6.45, 7) is 2.52. The Morgan fingerprint density at radius 1 is 1.48 bits per heavy atom. The van der Waals surface area contributed by atoms with Crippen LogP contribution < -0.4 is 5.32 Å². The van der Waals surface area contributed by atoms with E-state index in [4.69, 9.17) is 9.26 Å². The van der Waals surface area contributed by atoms with Crippen molar-refractivity contribution in [3.63, 3.8) is 0 Å². The van der Waals surface area contributed by atoms with Crippen LogP contribution in [0, 0.1) is 5.92 Å². The molecule has 7 heteroatoms. The zero-order chi connectivity index (χ0) is 16.1. The molecule has 2 aromatic rings. The van der Waals surface area contributed by atoms with Gasteiger partial charge in [0.15, 0.2) is 5.82 Å². The second-order valence-corrected chi connectivity index (χ2v) is 6.70. The van der Waals surface area contributed by atoms with Gasteiger partial charge in [-0.3, -0.25) is 4.79 Å². The predicted octanol–water partition coefficient (Wildman–Crippen LogP) is 3.01. The highest BCUT2D eigenvalue weighted by Gasteiger charge is 2.22. The van der Waals surface area contributed by atoms with Gasteiger partial charge < -0.3 is 14.6 Å². The van der Waals surface area contributed by atoms with Crippen molar-refractivity contribution in [2.45, 2.75) is 45.3 Å². The van der Waals surface area contributed by atoms with Crippen LogP contribution in [0.4, 0.5) is 0 Å². The van der Waals surface area contributed by atoms with Crippen LogP contribution in [0.5, 0.6) is 0 Å². The number of ether oxygens (including phenoxy) is 1. The van der Waals surface area contributed by atoms with Gasteiger partial charge in [-0.25, -0.2) is 0 Å². The molecule has 1 amide bonds. The lowest BCUT2D eigenvalue weighted by atomic mass is 9.88. The lowest BCUT2D eigenvalue weighted by Gasteiger charge is -2.28. The highest BCUT2D eigenvalue weighted by molar-refractivity contribution is 7.08. The number of nitrogens with one attached hydrogen (secondary N) is 1. The van der Waals surface area contributed by atoms with Crippen LogP contribution in [0.2, 0.25) is 0 Å². The fraction of sp³-hybridized carbons (Fsp3) is 0.562. The first kappa shape index (κ1) is 16.1. The summed E-state index contributed by atoms with van der Waals surface area (Å²) < 4.78 is 10.9. The van der Waals surface area contributed by atoms with E-state index in [1.165, 1.54) is 19.3 Å². The van der Waals surface area contributed by atoms with Crippen molar-refractivity contribution in [2.75, 3.05) is 6.61 Å². The molecule has 124 valence electrons. The summed E-state index contributed by atoms with van der Waals surface area (Å²) in [6.07, 6.45) is 4.87. The molecule has 2 aromatic heterocycles. The van der Waals surface area contributed by atoms with E-state index in [1.807, 2.05) is 16.8 Å². The Hall–Kier alpha value is -1.73. The Labute approximate surface area is 139 Å². The quantitative estimate of drug-likeness (QED) is 0.878. The van der Waals surface area contributed by atoms with E-state index in [-0.39, 0.29) is 25.2 Å². The van der Waals surface area contributed by atoms with Gasteiger partial charge in [-0.15, -0.1) is 0 Å². The van der Waals surface area contributed by atoms with E-state index in [1.54, 1.807) is 11.3 Å². The summed E-state index contributed by atoms with van der Waals surface area (Å²) >= 11 is 1.57. The third-order valence-corrected chi connectivity index (χ3v) is 4.82. The van der Waals surface area contributed by atoms with Crippen molar-refractivity contribution in [2.24, 2.45) is 5.92 Å². The highest BCUT2D eigenvalue weighted by atomic mass is 32.1. The molecule has 2 atom stereocenters. The smallest absolute Gasteiger partial charge is 0.258 e. The average molecular weight is 335 g/mol. The molecule has 1 fully saturated rings. The number of hydrogen-bond acceptors (Lipinski definition) is 6. The van der Waals surface area contributed by atoms with Gasteiger partial charge in [0.05, 0.1) is 18.2 Å². The Kier molecular flexibility index (Phi) is 5.40. The molecule has 6 nitrogen and oxygen atoms in total. The van der Waals surface area contributed by atoms with Gasteiger partial charge in [-0.05, 0) is 30.2 Å². The summed E-state index contributed by atoms with van der Waals surface area (Å²) in [7, 11) is 0. The Morgan fingerprint density at radius 3 is 3.13 bits per heavy atom. The molecule has 2 heterocycles. The first-order valence-electron chi connectivity index (χ1n) is 7.96. The molecule has 0 aromatic carbocycles. The molecular weight excluding hydrogens is 314 g/mol. The van der Waals surface area contributed by atoms with Crippen molar-refractivity contribution in [1.82, 2.24) is 15.5 Å². The van der Waals surface area contributed by atoms with Gasteiger partial charge in [0.1, 0.15) is 6.61 Å². The molecular formula is C16H21N3O3S. The van der Waals surface area contributed by atoms with E-state index in [0.29, 0.717) is 17.6 Å². The minimum absolute atomic E-state index is 0.0875. The van der Waals surface area contributed by atoms with Crippen molar-refractivity contribution in [3.8, 4) is 11.5 Å². The van der Waals surface area contributed by atoms with Gasteiger partial charge in [0, 0.05) is 5.38 Å². The molecule has 1 saturated carbocycles. The molecule has 1 aliphatic rings. The van der Waals surface area contributed by atoms with Crippen LogP contribution in [0.1, 0.15) is 38.4 Å². The van der Waals surface area contributed by atoms with Crippen molar-refractivity contribution < 1.29 is 14.1 Å². The summed E-state index contributed by atoms with van der Waals surface area (Å²) in [5.41, 5.74) is 0.898. The lowest BCUT2D eigenvalue weighted by Crippen LogP contribution is -2.33. The summed E-state index contributed by atoms with van der Waals surface area (Å²) in [5.74, 6) is 1.32. The molecule has 0 saturated heterocycles. The zero-order valence-electron chi connectivity index (χ0n) is 13.2. The molecule has 23 heavy (non-hydrogen) atoms. The highest BCUT2D eigenvalue weighted by Crippen LogP contribution is 2.26. The first-order chi connectivity index (χ1) is 11.2. The third-order valence-electron chi connectivity index (χ3n) is 4.14. The molecule has 2 unspecified atom stereocenters. The zero-order valence-corrected chi connectivity index (χ0v) is 14.0. The fourth-order valence-corrected chi connectivity index (χ4v) is 3.40. The summed E-state index contributed by atoms with van der Waals surface area (Å²) in [4.78, 5) is 16.1.